The van der Waals surface area contributed by atoms with Gasteiger partial charge in [0, 0.05) is 18.2 Å². The van der Waals surface area contributed by atoms with Gasteiger partial charge in [-0.2, -0.15) is 0 Å². The van der Waals surface area contributed by atoms with Crippen LogP contribution in [0.3, 0.4) is 0 Å². The number of rotatable bonds is 11. The lowest BCUT2D eigenvalue weighted by Crippen LogP contribution is -2.13. The van der Waals surface area contributed by atoms with Crippen LogP contribution in [0, 0.1) is 6.07 Å². The summed E-state index contributed by atoms with van der Waals surface area (Å²) in [7, 11) is 2.85. The van der Waals surface area contributed by atoms with Crippen LogP contribution in [0.4, 0.5) is 4.79 Å². The molecule has 9 nitrogen and oxygen atoms in total. The molecule has 0 saturated carbocycles. The Kier molecular flexibility index (Phi) is 9.58. The standard InChI is InChI=1S/C23H23O9/c1-4-21(24)29-12-5-6-13-30-23(26)32-19-11-10-16(14-20(19)28-3)22(25)31-18-9-7-8-17(15-18)27-2/h4,7,9-11,14-15H,1,5-6,12-13H2,2-3H3. The van der Waals surface area contributed by atoms with E-state index in [2.05, 4.69) is 12.6 Å². The van der Waals surface area contributed by atoms with Gasteiger partial charge in [-0.25, -0.2) is 14.4 Å². The van der Waals surface area contributed by atoms with Gasteiger partial charge in [-0.15, -0.1) is 0 Å². The van der Waals surface area contributed by atoms with Gasteiger partial charge in [0.05, 0.1) is 33.0 Å². The zero-order valence-corrected chi connectivity index (χ0v) is 17.8. The van der Waals surface area contributed by atoms with Crippen molar-refractivity contribution in [1.82, 2.24) is 0 Å². The van der Waals surface area contributed by atoms with Crippen LogP contribution in [0.15, 0.2) is 49.1 Å². The molecule has 0 spiro atoms. The van der Waals surface area contributed by atoms with Crippen LogP contribution in [0.25, 0.3) is 0 Å². The zero-order valence-electron chi connectivity index (χ0n) is 17.8. The maximum Gasteiger partial charge on any atom is 0.513 e. The smallest absolute Gasteiger partial charge is 0.496 e. The molecule has 0 aliphatic carbocycles. The molecule has 0 saturated heterocycles. The van der Waals surface area contributed by atoms with Crippen molar-refractivity contribution in [1.29, 1.82) is 0 Å². The minimum Gasteiger partial charge on any atom is -0.496 e. The molecule has 0 heterocycles. The largest absolute Gasteiger partial charge is 0.513 e. The van der Waals surface area contributed by atoms with E-state index in [1.54, 1.807) is 12.1 Å². The summed E-state index contributed by atoms with van der Waals surface area (Å²) >= 11 is 0. The number of unbranched alkanes of at least 4 members (excludes halogenated alkanes) is 1. The van der Waals surface area contributed by atoms with E-state index in [0.717, 1.165) is 6.08 Å². The van der Waals surface area contributed by atoms with E-state index in [0.29, 0.717) is 18.6 Å². The van der Waals surface area contributed by atoms with Crippen LogP contribution in [0.5, 0.6) is 23.0 Å². The van der Waals surface area contributed by atoms with Crippen LogP contribution in [0.1, 0.15) is 23.2 Å². The summed E-state index contributed by atoms with van der Waals surface area (Å²) in [5.41, 5.74) is 0.184. The molecule has 1 radical (unpaired) electrons. The number of carbonyl (C=O) groups is 3. The number of benzene rings is 2. The first kappa shape index (κ1) is 24.3. The Hall–Kier alpha value is -4.01. The summed E-state index contributed by atoms with van der Waals surface area (Å²) in [4.78, 5) is 35.2. The van der Waals surface area contributed by atoms with Gasteiger partial charge < -0.3 is 28.4 Å². The molecular weight excluding hydrogens is 420 g/mol. The van der Waals surface area contributed by atoms with Gasteiger partial charge in [0.1, 0.15) is 11.5 Å². The number of carbonyl (C=O) groups excluding carboxylic acids is 3. The van der Waals surface area contributed by atoms with Crippen molar-refractivity contribution < 1.29 is 42.8 Å². The highest BCUT2D eigenvalue weighted by Gasteiger charge is 2.16. The Morgan fingerprint density at radius 1 is 0.938 bits per heavy atom. The fourth-order valence-corrected chi connectivity index (χ4v) is 2.36. The zero-order chi connectivity index (χ0) is 23.3. The minimum absolute atomic E-state index is 0.0740. The first-order valence-corrected chi connectivity index (χ1v) is 9.56. The Morgan fingerprint density at radius 2 is 1.69 bits per heavy atom. The van der Waals surface area contributed by atoms with Gasteiger partial charge >= 0.3 is 18.1 Å². The predicted molar refractivity (Wildman–Crippen MR) is 112 cm³/mol. The molecule has 0 amide bonds. The lowest BCUT2D eigenvalue weighted by atomic mass is 10.2. The van der Waals surface area contributed by atoms with Crippen molar-refractivity contribution >= 4 is 18.1 Å². The second kappa shape index (κ2) is 12.6. The molecule has 0 unspecified atom stereocenters. The highest BCUT2D eigenvalue weighted by Crippen LogP contribution is 2.29. The summed E-state index contributed by atoms with van der Waals surface area (Å²) in [5.74, 6) is -0.216. The van der Waals surface area contributed by atoms with Crippen molar-refractivity contribution in [2.75, 3.05) is 27.4 Å². The molecule has 0 atom stereocenters. The minimum atomic E-state index is -0.936. The van der Waals surface area contributed by atoms with Gasteiger partial charge in [-0.3, -0.25) is 0 Å². The van der Waals surface area contributed by atoms with Crippen molar-refractivity contribution in [3.8, 4) is 23.0 Å². The lowest BCUT2D eigenvalue weighted by Gasteiger charge is -2.11. The molecule has 2 aromatic carbocycles. The second-order valence-electron chi connectivity index (χ2n) is 6.13. The van der Waals surface area contributed by atoms with Crippen LogP contribution >= 0.6 is 0 Å². The molecule has 0 aromatic heterocycles. The maximum atomic E-state index is 12.4. The summed E-state index contributed by atoms with van der Waals surface area (Å²) in [5, 5.41) is 0. The van der Waals surface area contributed by atoms with E-state index >= 15 is 0 Å². The van der Waals surface area contributed by atoms with E-state index in [9.17, 15) is 14.4 Å². The molecule has 0 bridgehead atoms. The molecule has 0 aliphatic rings. The Balaban J connectivity index is 1.88. The highest BCUT2D eigenvalue weighted by molar-refractivity contribution is 5.92. The van der Waals surface area contributed by atoms with Crippen LogP contribution in [-0.2, 0) is 14.3 Å². The first-order chi connectivity index (χ1) is 15.5. The normalized spacial score (nSPS) is 9.94. The van der Waals surface area contributed by atoms with E-state index in [-0.39, 0.29) is 36.0 Å². The summed E-state index contributed by atoms with van der Waals surface area (Å²) in [6, 6.07) is 11.7. The number of hydrogen-bond acceptors (Lipinski definition) is 9. The van der Waals surface area contributed by atoms with Gasteiger partial charge in [0.15, 0.2) is 11.5 Å². The molecular formula is C23H23O9. The molecule has 0 aliphatic heterocycles. The van der Waals surface area contributed by atoms with Crippen molar-refractivity contribution in [2.24, 2.45) is 0 Å². The Bertz CT molecular complexity index is 952. The number of ether oxygens (including phenoxy) is 6. The van der Waals surface area contributed by atoms with Gasteiger partial charge in [0.25, 0.3) is 0 Å². The molecule has 2 rings (SSSR count). The average Bonchev–Trinajstić information content (AvgIpc) is 2.81. The second-order valence-corrected chi connectivity index (χ2v) is 6.13. The van der Waals surface area contributed by atoms with Gasteiger partial charge in [-0.1, -0.05) is 6.58 Å². The highest BCUT2D eigenvalue weighted by atomic mass is 16.7. The molecule has 32 heavy (non-hydrogen) atoms. The van der Waals surface area contributed by atoms with Gasteiger partial charge in [-0.05, 0) is 43.2 Å². The molecule has 2 aromatic rings. The van der Waals surface area contributed by atoms with Crippen LogP contribution < -0.4 is 18.9 Å². The fourth-order valence-electron chi connectivity index (χ4n) is 2.36. The van der Waals surface area contributed by atoms with Crippen LogP contribution in [-0.4, -0.2) is 45.5 Å². The Morgan fingerprint density at radius 3 is 2.38 bits per heavy atom. The number of hydrogen-bond donors (Lipinski definition) is 0. The van der Waals surface area contributed by atoms with E-state index < -0.39 is 18.1 Å². The summed E-state index contributed by atoms with van der Waals surface area (Å²) in [6.45, 7) is 3.57. The van der Waals surface area contributed by atoms with Crippen molar-refractivity contribution in [3.63, 3.8) is 0 Å². The molecule has 0 fully saturated rings. The van der Waals surface area contributed by atoms with E-state index in [4.69, 9.17) is 28.4 Å². The monoisotopic (exact) mass is 443 g/mol. The average molecular weight is 443 g/mol. The first-order valence-electron chi connectivity index (χ1n) is 9.56. The third-order valence-corrected chi connectivity index (χ3v) is 3.94. The maximum absolute atomic E-state index is 12.4. The number of methoxy groups -OCH3 is 2. The van der Waals surface area contributed by atoms with Crippen LogP contribution in [0.2, 0.25) is 0 Å². The fraction of sp³-hybridized carbons (Fsp3) is 0.261. The van der Waals surface area contributed by atoms with Crippen molar-refractivity contribution in [3.05, 3.63) is 60.7 Å². The lowest BCUT2D eigenvalue weighted by molar-refractivity contribution is -0.137. The van der Waals surface area contributed by atoms with E-state index in [1.807, 2.05) is 0 Å². The number of esters is 2. The molecule has 9 heteroatoms. The third kappa shape index (κ3) is 7.67. The molecule has 0 N–H and O–H groups in total. The summed E-state index contributed by atoms with van der Waals surface area (Å²) in [6.07, 6.45) is 1.13. The predicted octanol–water partition coefficient (Wildman–Crippen LogP) is 3.75. The topological polar surface area (TPSA) is 107 Å². The SMILES string of the molecule is C=CC(=O)OCCCCOC(=O)Oc1ccc(C(=O)Oc2cc[c]c(OC)c2)cc1OC. The summed E-state index contributed by atoms with van der Waals surface area (Å²) < 4.78 is 30.5. The quantitative estimate of drug-likeness (QED) is 0.169. The molecule has 169 valence electrons. The van der Waals surface area contributed by atoms with Gasteiger partial charge in [0.2, 0.25) is 0 Å². The Labute approximate surface area is 185 Å². The third-order valence-electron chi connectivity index (χ3n) is 3.94. The van der Waals surface area contributed by atoms with E-state index in [1.165, 1.54) is 38.5 Å². The van der Waals surface area contributed by atoms with Crippen molar-refractivity contribution in [2.45, 2.75) is 12.8 Å².